The van der Waals surface area contributed by atoms with Gasteiger partial charge < -0.3 is 18.4 Å². The quantitative estimate of drug-likeness (QED) is 0.455. The van der Waals surface area contributed by atoms with E-state index >= 15 is 0 Å². The maximum atomic E-state index is 5.74. The molecule has 0 atom stereocenters. The molecule has 0 unspecified atom stereocenters. The minimum atomic E-state index is 0.305. The second kappa shape index (κ2) is 7.45. The fourth-order valence-electron chi connectivity index (χ4n) is 2.35. The maximum Gasteiger partial charge on any atom is 0.293 e. The van der Waals surface area contributed by atoms with Crippen molar-refractivity contribution >= 4 is 11.3 Å². The molecule has 4 rings (SSSR count). The molecule has 0 fully saturated rings. The molecule has 0 aliphatic carbocycles. The van der Waals surface area contributed by atoms with E-state index in [0.717, 1.165) is 16.4 Å². The number of hydrogen-bond acceptors (Lipinski definition) is 7. The van der Waals surface area contributed by atoms with E-state index in [-0.39, 0.29) is 0 Å². The molecule has 0 saturated carbocycles. The zero-order valence-corrected chi connectivity index (χ0v) is 14.9. The number of benzene rings is 1. The highest BCUT2D eigenvalue weighted by atomic mass is 32.1. The molecule has 0 spiro atoms. The minimum absolute atomic E-state index is 0.305. The standard InChI is InChI=1S/C19H16N2O4S/c1-2-22-13-5-7-14(8-6-13)23-12-15-9-10-16(24-15)19-20-18(21-25-19)17-4-3-11-26-17/h3-11H,2,12H2,1H3. The molecule has 0 amide bonds. The van der Waals surface area contributed by atoms with Gasteiger partial charge >= 0.3 is 0 Å². The van der Waals surface area contributed by atoms with Crippen LogP contribution in [-0.2, 0) is 6.61 Å². The molecule has 0 saturated heterocycles. The molecule has 1 aromatic carbocycles. The zero-order chi connectivity index (χ0) is 17.8. The number of rotatable bonds is 7. The molecule has 0 aliphatic heterocycles. The van der Waals surface area contributed by atoms with Crippen molar-refractivity contribution in [2.45, 2.75) is 13.5 Å². The van der Waals surface area contributed by atoms with Gasteiger partial charge in [-0.25, -0.2) is 0 Å². The highest BCUT2D eigenvalue weighted by Gasteiger charge is 2.15. The van der Waals surface area contributed by atoms with Gasteiger partial charge in [-0.15, -0.1) is 11.3 Å². The summed E-state index contributed by atoms with van der Waals surface area (Å²) in [6, 6.07) is 15.0. The van der Waals surface area contributed by atoms with Gasteiger partial charge in [-0.3, -0.25) is 0 Å². The van der Waals surface area contributed by atoms with Crippen molar-refractivity contribution in [3.8, 4) is 33.9 Å². The Labute approximate surface area is 154 Å². The summed E-state index contributed by atoms with van der Waals surface area (Å²) in [5, 5.41) is 5.95. The van der Waals surface area contributed by atoms with Crippen molar-refractivity contribution in [1.29, 1.82) is 0 Å². The van der Waals surface area contributed by atoms with Gasteiger partial charge in [-0.2, -0.15) is 4.98 Å². The van der Waals surface area contributed by atoms with Crippen LogP contribution in [0.3, 0.4) is 0 Å². The van der Waals surface area contributed by atoms with Gasteiger partial charge in [0.1, 0.15) is 23.9 Å². The average molecular weight is 368 g/mol. The van der Waals surface area contributed by atoms with Gasteiger partial charge in [0.15, 0.2) is 5.76 Å². The van der Waals surface area contributed by atoms with Crippen molar-refractivity contribution in [2.75, 3.05) is 6.61 Å². The molecule has 0 bridgehead atoms. The second-order valence-corrected chi connectivity index (χ2v) is 6.31. The van der Waals surface area contributed by atoms with Gasteiger partial charge in [-0.05, 0) is 54.8 Å². The minimum Gasteiger partial charge on any atom is -0.494 e. The van der Waals surface area contributed by atoms with Crippen LogP contribution in [0.4, 0.5) is 0 Å². The first kappa shape index (κ1) is 16.4. The number of hydrogen-bond donors (Lipinski definition) is 0. The topological polar surface area (TPSA) is 70.5 Å². The van der Waals surface area contributed by atoms with Crippen LogP contribution >= 0.6 is 11.3 Å². The van der Waals surface area contributed by atoms with E-state index < -0.39 is 0 Å². The molecule has 0 N–H and O–H groups in total. The third-order valence-corrected chi connectivity index (χ3v) is 4.42. The number of furan rings is 1. The monoisotopic (exact) mass is 368 g/mol. The first-order chi connectivity index (χ1) is 12.8. The summed E-state index contributed by atoms with van der Waals surface area (Å²) in [5.41, 5.74) is 0. The SMILES string of the molecule is CCOc1ccc(OCc2ccc(-c3nc(-c4cccs4)no3)o2)cc1. The Hall–Kier alpha value is -3.06. The summed E-state index contributed by atoms with van der Waals surface area (Å²) in [7, 11) is 0. The molecule has 7 heteroatoms. The number of ether oxygens (including phenoxy) is 2. The van der Waals surface area contributed by atoms with Gasteiger partial charge in [0, 0.05) is 0 Å². The van der Waals surface area contributed by atoms with Gasteiger partial charge in [0.2, 0.25) is 5.82 Å². The average Bonchev–Trinajstić information content (AvgIpc) is 3.41. The molecule has 26 heavy (non-hydrogen) atoms. The first-order valence-electron chi connectivity index (χ1n) is 8.14. The van der Waals surface area contributed by atoms with Crippen LogP contribution in [0.15, 0.2) is 62.9 Å². The van der Waals surface area contributed by atoms with Crippen molar-refractivity contribution in [1.82, 2.24) is 10.1 Å². The largest absolute Gasteiger partial charge is 0.494 e. The summed E-state index contributed by atoms with van der Waals surface area (Å²) >= 11 is 1.55. The fraction of sp³-hybridized carbons (Fsp3) is 0.158. The lowest BCUT2D eigenvalue weighted by Crippen LogP contribution is -1.94. The lowest BCUT2D eigenvalue weighted by molar-refractivity contribution is 0.269. The fourth-order valence-corrected chi connectivity index (χ4v) is 3.00. The van der Waals surface area contributed by atoms with Crippen molar-refractivity contribution in [2.24, 2.45) is 0 Å². The molecular weight excluding hydrogens is 352 g/mol. The third-order valence-electron chi connectivity index (χ3n) is 3.56. The van der Waals surface area contributed by atoms with E-state index in [1.165, 1.54) is 0 Å². The van der Waals surface area contributed by atoms with Crippen molar-refractivity contribution in [3.63, 3.8) is 0 Å². The summed E-state index contributed by atoms with van der Waals surface area (Å²) in [6.07, 6.45) is 0. The van der Waals surface area contributed by atoms with Crippen molar-refractivity contribution < 1.29 is 18.4 Å². The Kier molecular flexibility index (Phi) is 4.70. The highest BCUT2D eigenvalue weighted by Crippen LogP contribution is 2.27. The highest BCUT2D eigenvalue weighted by molar-refractivity contribution is 7.13. The molecule has 4 aromatic rings. The normalized spacial score (nSPS) is 10.8. The summed E-state index contributed by atoms with van der Waals surface area (Å²) in [4.78, 5) is 5.32. The van der Waals surface area contributed by atoms with Crippen LogP contribution < -0.4 is 9.47 Å². The number of thiophene rings is 1. The lowest BCUT2D eigenvalue weighted by atomic mass is 10.3. The Morgan fingerprint density at radius 1 is 1.00 bits per heavy atom. The molecule has 3 heterocycles. The Bertz CT molecular complexity index is 958. The smallest absolute Gasteiger partial charge is 0.293 e. The van der Waals surface area contributed by atoms with Crippen LogP contribution in [-0.4, -0.2) is 16.7 Å². The van der Waals surface area contributed by atoms with E-state index in [9.17, 15) is 0 Å². The van der Waals surface area contributed by atoms with Gasteiger partial charge in [0.25, 0.3) is 5.89 Å². The molecule has 6 nitrogen and oxygen atoms in total. The summed E-state index contributed by atoms with van der Waals surface area (Å²) < 4.78 is 22.2. The molecule has 3 aromatic heterocycles. The van der Waals surface area contributed by atoms with Gasteiger partial charge in [-0.1, -0.05) is 11.2 Å². The second-order valence-electron chi connectivity index (χ2n) is 5.36. The number of nitrogens with zero attached hydrogens (tertiary/aromatic N) is 2. The predicted octanol–water partition coefficient (Wildman–Crippen LogP) is 5.04. The van der Waals surface area contributed by atoms with Gasteiger partial charge in [0.05, 0.1) is 11.5 Å². The molecular formula is C19H16N2O4S. The number of aromatic nitrogens is 2. The Balaban J connectivity index is 1.40. The molecule has 0 radical (unpaired) electrons. The van der Waals surface area contributed by atoms with E-state index in [0.29, 0.717) is 36.4 Å². The van der Waals surface area contributed by atoms with E-state index in [1.54, 1.807) is 17.4 Å². The third kappa shape index (κ3) is 3.62. The Morgan fingerprint density at radius 3 is 2.54 bits per heavy atom. The first-order valence-corrected chi connectivity index (χ1v) is 9.02. The van der Waals surface area contributed by atoms with Crippen LogP contribution in [0.5, 0.6) is 11.5 Å². The van der Waals surface area contributed by atoms with Crippen LogP contribution in [0.2, 0.25) is 0 Å². The van der Waals surface area contributed by atoms with Crippen LogP contribution in [0, 0.1) is 0 Å². The van der Waals surface area contributed by atoms with E-state index in [2.05, 4.69) is 10.1 Å². The zero-order valence-electron chi connectivity index (χ0n) is 14.0. The molecule has 0 aliphatic rings. The summed E-state index contributed by atoms with van der Waals surface area (Å²) in [5.74, 6) is 3.65. The van der Waals surface area contributed by atoms with E-state index in [1.807, 2.05) is 54.8 Å². The van der Waals surface area contributed by atoms with Crippen LogP contribution in [0.1, 0.15) is 12.7 Å². The maximum absolute atomic E-state index is 5.74. The Morgan fingerprint density at radius 2 is 1.81 bits per heavy atom. The summed E-state index contributed by atoms with van der Waals surface area (Å²) in [6.45, 7) is 2.89. The predicted molar refractivity (Wildman–Crippen MR) is 97.3 cm³/mol. The van der Waals surface area contributed by atoms with Crippen molar-refractivity contribution in [3.05, 3.63) is 59.7 Å². The van der Waals surface area contributed by atoms with Crippen LogP contribution in [0.25, 0.3) is 22.4 Å². The molecule has 132 valence electrons. The van der Waals surface area contributed by atoms with E-state index in [4.69, 9.17) is 18.4 Å². The lowest BCUT2D eigenvalue weighted by Gasteiger charge is -2.06.